The maximum absolute atomic E-state index is 11.9. The lowest BCUT2D eigenvalue weighted by molar-refractivity contribution is -0.123. The molecular weight excluding hydrogens is 487 g/mol. The Bertz CT molecular complexity index is 767. The summed E-state index contributed by atoms with van der Waals surface area (Å²) in [7, 11) is 0. The van der Waals surface area contributed by atoms with Crippen LogP contribution < -0.4 is 15.6 Å². The van der Waals surface area contributed by atoms with Crippen LogP contribution in [0.3, 0.4) is 0 Å². The summed E-state index contributed by atoms with van der Waals surface area (Å²) in [5.41, 5.74) is 4.73. The van der Waals surface area contributed by atoms with Crippen LogP contribution in [-0.4, -0.2) is 18.4 Å². The first-order valence-corrected chi connectivity index (χ1v) is 8.82. The minimum absolute atomic E-state index is 0.226. The van der Waals surface area contributed by atoms with Crippen LogP contribution in [0.15, 0.2) is 45.3 Å². The van der Waals surface area contributed by atoms with Gasteiger partial charge in [0, 0.05) is 20.1 Å². The molecule has 0 radical (unpaired) electrons. The van der Waals surface area contributed by atoms with Crippen molar-refractivity contribution in [3.05, 3.63) is 61.0 Å². The third-order valence-electron chi connectivity index (χ3n) is 2.69. The number of ether oxygens (including phenoxy) is 1. The van der Waals surface area contributed by atoms with Crippen LogP contribution in [-0.2, 0) is 4.79 Å². The minimum atomic E-state index is -0.544. The number of hydrogen-bond acceptors (Lipinski definition) is 3. The van der Waals surface area contributed by atoms with Crippen molar-refractivity contribution in [2.24, 2.45) is 0 Å². The summed E-state index contributed by atoms with van der Waals surface area (Å²) < 4.78 is 6.93. The lowest BCUT2D eigenvalue weighted by Crippen LogP contribution is -2.43. The SMILES string of the molecule is O=C(COc1ccc(Br)cc1Br)NNC(=O)c1cc(Cl)cc(Cl)c1. The van der Waals surface area contributed by atoms with Crippen molar-refractivity contribution < 1.29 is 14.3 Å². The molecule has 2 amide bonds. The van der Waals surface area contributed by atoms with Gasteiger partial charge in [-0.2, -0.15) is 0 Å². The zero-order valence-electron chi connectivity index (χ0n) is 11.9. The van der Waals surface area contributed by atoms with E-state index in [-0.39, 0.29) is 12.2 Å². The quantitative estimate of drug-likeness (QED) is 0.618. The standard InChI is InChI=1S/C15H10Br2Cl2N2O3/c16-9-1-2-13(12(17)5-9)24-7-14(22)20-21-15(23)8-3-10(18)6-11(19)4-8/h1-6H,7H2,(H,20,22)(H,21,23). The van der Waals surface area contributed by atoms with Gasteiger partial charge < -0.3 is 4.74 Å². The maximum atomic E-state index is 11.9. The molecule has 24 heavy (non-hydrogen) atoms. The molecule has 0 saturated carbocycles. The third kappa shape index (κ3) is 5.66. The van der Waals surface area contributed by atoms with Gasteiger partial charge in [-0.1, -0.05) is 39.1 Å². The fraction of sp³-hybridized carbons (Fsp3) is 0.0667. The Morgan fingerprint density at radius 3 is 2.29 bits per heavy atom. The number of halogens is 4. The van der Waals surface area contributed by atoms with E-state index in [2.05, 4.69) is 42.7 Å². The van der Waals surface area contributed by atoms with Crippen molar-refractivity contribution in [2.45, 2.75) is 0 Å². The van der Waals surface area contributed by atoms with Crippen LogP contribution in [0.25, 0.3) is 0 Å². The second kappa shape index (κ2) is 8.71. The van der Waals surface area contributed by atoms with E-state index < -0.39 is 11.8 Å². The average Bonchev–Trinajstić information content (AvgIpc) is 2.50. The molecule has 126 valence electrons. The number of benzene rings is 2. The lowest BCUT2D eigenvalue weighted by Gasteiger charge is -2.10. The Balaban J connectivity index is 1.85. The Hall–Kier alpha value is -1.28. The smallest absolute Gasteiger partial charge is 0.276 e. The van der Waals surface area contributed by atoms with Crippen molar-refractivity contribution in [3.63, 3.8) is 0 Å². The second-order valence-electron chi connectivity index (χ2n) is 4.52. The monoisotopic (exact) mass is 494 g/mol. The maximum Gasteiger partial charge on any atom is 0.276 e. The first kappa shape index (κ1) is 19.1. The van der Waals surface area contributed by atoms with E-state index in [1.54, 1.807) is 18.2 Å². The largest absolute Gasteiger partial charge is 0.483 e. The number of rotatable bonds is 4. The van der Waals surface area contributed by atoms with Crippen LogP contribution in [0.2, 0.25) is 10.0 Å². The fourth-order valence-corrected chi connectivity index (χ4v) is 3.34. The van der Waals surface area contributed by atoms with E-state index in [0.29, 0.717) is 20.3 Å². The summed E-state index contributed by atoms with van der Waals surface area (Å²) in [5, 5.41) is 0.643. The molecule has 0 bridgehead atoms. The van der Waals surface area contributed by atoms with Crippen LogP contribution in [0.1, 0.15) is 10.4 Å². The number of amides is 2. The highest BCUT2D eigenvalue weighted by molar-refractivity contribution is 9.11. The summed E-state index contributed by atoms with van der Waals surface area (Å²) in [4.78, 5) is 23.7. The van der Waals surface area contributed by atoms with Crippen LogP contribution in [0, 0.1) is 0 Å². The zero-order valence-corrected chi connectivity index (χ0v) is 16.6. The molecule has 0 atom stereocenters. The highest BCUT2D eigenvalue weighted by Crippen LogP contribution is 2.28. The van der Waals surface area contributed by atoms with Gasteiger partial charge in [0.15, 0.2) is 6.61 Å². The van der Waals surface area contributed by atoms with Gasteiger partial charge in [-0.15, -0.1) is 0 Å². The van der Waals surface area contributed by atoms with Gasteiger partial charge in [-0.05, 0) is 52.3 Å². The van der Waals surface area contributed by atoms with E-state index in [1.165, 1.54) is 18.2 Å². The number of carbonyl (C=O) groups is 2. The molecule has 0 aliphatic heterocycles. The highest BCUT2D eigenvalue weighted by atomic mass is 79.9. The topological polar surface area (TPSA) is 67.4 Å². The van der Waals surface area contributed by atoms with E-state index in [1.807, 2.05) is 0 Å². The minimum Gasteiger partial charge on any atom is -0.483 e. The van der Waals surface area contributed by atoms with Gasteiger partial charge in [-0.25, -0.2) is 0 Å². The Kier molecular flexibility index (Phi) is 6.91. The number of hydrazine groups is 1. The molecule has 0 fully saturated rings. The molecule has 2 aromatic rings. The Labute approximate surface area is 164 Å². The van der Waals surface area contributed by atoms with Gasteiger partial charge in [0.25, 0.3) is 11.8 Å². The fourth-order valence-electron chi connectivity index (χ4n) is 1.66. The van der Waals surface area contributed by atoms with Crippen molar-refractivity contribution in [1.29, 1.82) is 0 Å². The van der Waals surface area contributed by atoms with Crippen LogP contribution >= 0.6 is 55.1 Å². The lowest BCUT2D eigenvalue weighted by atomic mass is 10.2. The molecule has 0 aliphatic carbocycles. The van der Waals surface area contributed by atoms with E-state index in [9.17, 15) is 9.59 Å². The van der Waals surface area contributed by atoms with Gasteiger partial charge in [0.2, 0.25) is 0 Å². The summed E-state index contributed by atoms with van der Waals surface area (Å²) in [6, 6.07) is 9.64. The van der Waals surface area contributed by atoms with E-state index in [4.69, 9.17) is 27.9 Å². The Morgan fingerprint density at radius 2 is 1.67 bits per heavy atom. The molecule has 5 nitrogen and oxygen atoms in total. The Morgan fingerprint density at radius 1 is 1.00 bits per heavy atom. The third-order valence-corrected chi connectivity index (χ3v) is 4.24. The van der Waals surface area contributed by atoms with Gasteiger partial charge in [0.1, 0.15) is 5.75 Å². The second-order valence-corrected chi connectivity index (χ2v) is 7.17. The van der Waals surface area contributed by atoms with E-state index >= 15 is 0 Å². The molecule has 2 rings (SSSR count). The number of hydrogen-bond donors (Lipinski definition) is 2. The van der Waals surface area contributed by atoms with Crippen molar-refractivity contribution in [1.82, 2.24) is 10.9 Å². The summed E-state index contributed by atoms with van der Waals surface area (Å²) in [6.07, 6.45) is 0. The summed E-state index contributed by atoms with van der Waals surface area (Å²) in [5.74, 6) is -0.565. The summed E-state index contributed by atoms with van der Waals surface area (Å²) in [6.45, 7) is -0.267. The molecule has 0 heterocycles. The zero-order chi connectivity index (χ0) is 17.7. The average molecular weight is 497 g/mol. The molecule has 0 saturated heterocycles. The van der Waals surface area contributed by atoms with Gasteiger partial charge >= 0.3 is 0 Å². The van der Waals surface area contributed by atoms with E-state index in [0.717, 1.165) is 4.47 Å². The number of nitrogens with one attached hydrogen (secondary N) is 2. The molecular formula is C15H10Br2Cl2N2O3. The predicted octanol–water partition coefficient (Wildman–Crippen LogP) is 4.36. The van der Waals surface area contributed by atoms with Crippen LogP contribution in [0.4, 0.5) is 0 Å². The molecule has 2 aromatic carbocycles. The van der Waals surface area contributed by atoms with Crippen molar-refractivity contribution in [3.8, 4) is 5.75 Å². The molecule has 0 unspecified atom stereocenters. The summed E-state index contributed by atoms with van der Waals surface area (Å²) >= 11 is 18.3. The first-order chi connectivity index (χ1) is 11.3. The molecule has 0 aliphatic rings. The normalized spacial score (nSPS) is 10.2. The van der Waals surface area contributed by atoms with Crippen molar-refractivity contribution in [2.75, 3.05) is 6.61 Å². The molecule has 0 aromatic heterocycles. The number of carbonyl (C=O) groups excluding carboxylic acids is 2. The predicted molar refractivity (Wildman–Crippen MR) is 99.4 cm³/mol. The molecule has 2 N–H and O–H groups in total. The van der Waals surface area contributed by atoms with Gasteiger partial charge in [-0.3, -0.25) is 20.4 Å². The van der Waals surface area contributed by atoms with Crippen molar-refractivity contribution >= 4 is 66.9 Å². The molecule has 9 heteroatoms. The van der Waals surface area contributed by atoms with Gasteiger partial charge in [0.05, 0.1) is 4.47 Å². The van der Waals surface area contributed by atoms with Crippen LogP contribution in [0.5, 0.6) is 5.75 Å². The molecule has 0 spiro atoms. The first-order valence-electron chi connectivity index (χ1n) is 6.48. The highest BCUT2D eigenvalue weighted by Gasteiger charge is 2.10.